The number of hydrogen-bond donors (Lipinski definition) is 1. The molecule has 15 heavy (non-hydrogen) atoms. The van der Waals surface area contributed by atoms with Gasteiger partial charge in [-0.1, -0.05) is 12.1 Å². The van der Waals surface area contributed by atoms with Crippen molar-refractivity contribution in [2.45, 2.75) is 6.92 Å². The fourth-order valence-corrected chi connectivity index (χ4v) is 1.45. The first-order valence-electron chi connectivity index (χ1n) is 4.49. The molecule has 2 rings (SSSR count). The number of ether oxygens (including phenoxy) is 1. The molecule has 1 aromatic carbocycles. The van der Waals surface area contributed by atoms with E-state index in [0.717, 1.165) is 16.5 Å². The highest BCUT2D eigenvalue weighted by Gasteiger charge is 2.03. The highest BCUT2D eigenvalue weighted by molar-refractivity contribution is 5.83. The van der Waals surface area contributed by atoms with Gasteiger partial charge in [0, 0.05) is 5.39 Å². The van der Waals surface area contributed by atoms with Gasteiger partial charge in [0.25, 0.3) is 0 Å². The largest absolute Gasteiger partial charge is 0.410 e. The van der Waals surface area contributed by atoms with Crippen LogP contribution in [0.2, 0.25) is 0 Å². The molecule has 2 aromatic rings. The molecule has 4 heteroatoms. The molecule has 0 unspecified atom stereocenters. The van der Waals surface area contributed by atoms with E-state index in [2.05, 4.69) is 4.98 Å². The third-order valence-electron chi connectivity index (χ3n) is 2.14. The molecular formula is C11H10N2O2. The minimum absolute atomic E-state index is 0.365. The number of primary amides is 1. The fraction of sp³-hybridized carbons (Fsp3) is 0.0909. The van der Waals surface area contributed by atoms with E-state index in [1.165, 1.54) is 6.20 Å². The second-order valence-electron chi connectivity index (χ2n) is 3.23. The lowest BCUT2D eigenvalue weighted by molar-refractivity contribution is 0.211. The van der Waals surface area contributed by atoms with Crippen LogP contribution >= 0.6 is 0 Å². The van der Waals surface area contributed by atoms with Crippen molar-refractivity contribution >= 4 is 17.0 Å². The Morgan fingerprint density at radius 2 is 2.27 bits per heavy atom. The summed E-state index contributed by atoms with van der Waals surface area (Å²) in [5, 5.41) is 0.955. The van der Waals surface area contributed by atoms with Crippen LogP contribution in [0.25, 0.3) is 10.9 Å². The molecule has 0 saturated heterocycles. The van der Waals surface area contributed by atoms with Gasteiger partial charge in [-0.25, -0.2) is 4.79 Å². The average molecular weight is 202 g/mol. The van der Waals surface area contributed by atoms with Crippen LogP contribution < -0.4 is 10.5 Å². The molecule has 76 valence electrons. The van der Waals surface area contributed by atoms with Crippen molar-refractivity contribution in [2.24, 2.45) is 5.73 Å². The molecule has 0 fully saturated rings. The van der Waals surface area contributed by atoms with Crippen molar-refractivity contribution < 1.29 is 9.53 Å². The zero-order valence-corrected chi connectivity index (χ0v) is 8.23. The Kier molecular flexibility index (Phi) is 2.25. The normalized spacial score (nSPS) is 10.2. The number of carbonyl (C=O) groups excluding carboxylic acids is 1. The number of aromatic nitrogens is 1. The highest BCUT2D eigenvalue weighted by atomic mass is 16.5. The van der Waals surface area contributed by atoms with Crippen LogP contribution in [0.15, 0.2) is 30.5 Å². The first-order valence-corrected chi connectivity index (χ1v) is 4.49. The molecular weight excluding hydrogens is 192 g/mol. The molecule has 1 heterocycles. The summed E-state index contributed by atoms with van der Waals surface area (Å²) >= 11 is 0. The zero-order chi connectivity index (χ0) is 10.8. The molecule has 0 aliphatic heterocycles. The van der Waals surface area contributed by atoms with E-state index < -0.39 is 6.09 Å². The van der Waals surface area contributed by atoms with Crippen molar-refractivity contribution in [3.05, 3.63) is 36.0 Å². The van der Waals surface area contributed by atoms with Gasteiger partial charge in [-0.15, -0.1) is 0 Å². The molecule has 4 nitrogen and oxygen atoms in total. The monoisotopic (exact) mass is 202 g/mol. The summed E-state index contributed by atoms with van der Waals surface area (Å²) in [7, 11) is 0. The molecule has 0 radical (unpaired) electrons. The van der Waals surface area contributed by atoms with Gasteiger partial charge >= 0.3 is 6.09 Å². The van der Waals surface area contributed by atoms with Crippen LogP contribution in [-0.4, -0.2) is 11.1 Å². The standard InChI is InChI=1S/C11H10N2O2/c1-7-3-2-4-10-9(7)5-8(6-13-10)15-11(12)14/h2-6H,1H3,(H2,12,14). The van der Waals surface area contributed by atoms with E-state index in [0.29, 0.717) is 5.75 Å². The van der Waals surface area contributed by atoms with Gasteiger partial charge in [0.15, 0.2) is 5.75 Å². The van der Waals surface area contributed by atoms with Crippen LogP contribution in [0.5, 0.6) is 5.75 Å². The number of rotatable bonds is 1. The molecule has 0 bridgehead atoms. The van der Waals surface area contributed by atoms with E-state index in [1.807, 2.05) is 25.1 Å². The van der Waals surface area contributed by atoms with Crippen LogP contribution in [0.4, 0.5) is 4.79 Å². The Balaban J connectivity index is 2.54. The molecule has 2 N–H and O–H groups in total. The smallest absolute Gasteiger partial charge is 0.409 e. The van der Waals surface area contributed by atoms with Gasteiger partial charge in [-0.3, -0.25) is 4.98 Å². The second-order valence-corrected chi connectivity index (χ2v) is 3.23. The van der Waals surface area contributed by atoms with Crippen LogP contribution in [-0.2, 0) is 0 Å². The summed E-state index contributed by atoms with van der Waals surface area (Å²) in [6.07, 6.45) is 0.650. The SMILES string of the molecule is Cc1cccc2ncc(OC(N)=O)cc12. The Labute approximate surface area is 86.7 Å². The summed E-state index contributed by atoms with van der Waals surface area (Å²) in [5.74, 6) is 0.365. The maximum absolute atomic E-state index is 10.6. The van der Waals surface area contributed by atoms with Gasteiger partial charge < -0.3 is 10.5 Å². The maximum Gasteiger partial charge on any atom is 0.410 e. The molecule has 0 aliphatic carbocycles. The van der Waals surface area contributed by atoms with E-state index in [-0.39, 0.29) is 0 Å². The van der Waals surface area contributed by atoms with Crippen molar-refractivity contribution in [3.8, 4) is 5.75 Å². The number of pyridine rings is 1. The Morgan fingerprint density at radius 3 is 3.00 bits per heavy atom. The maximum atomic E-state index is 10.6. The fourth-order valence-electron chi connectivity index (χ4n) is 1.45. The third kappa shape index (κ3) is 1.88. The predicted octanol–water partition coefficient (Wildman–Crippen LogP) is 2.00. The van der Waals surface area contributed by atoms with Crippen LogP contribution in [0.1, 0.15) is 5.56 Å². The molecule has 1 amide bonds. The average Bonchev–Trinajstić information content (AvgIpc) is 2.18. The van der Waals surface area contributed by atoms with Crippen molar-refractivity contribution in [2.75, 3.05) is 0 Å². The summed E-state index contributed by atoms with van der Waals surface area (Å²) in [4.78, 5) is 14.7. The van der Waals surface area contributed by atoms with Gasteiger partial charge in [-0.2, -0.15) is 0 Å². The number of carbonyl (C=O) groups is 1. The van der Waals surface area contributed by atoms with Gasteiger partial charge in [-0.05, 0) is 24.6 Å². The molecule has 0 spiro atoms. The minimum Gasteiger partial charge on any atom is -0.409 e. The molecule has 0 aliphatic rings. The Hall–Kier alpha value is -2.10. The van der Waals surface area contributed by atoms with Crippen molar-refractivity contribution in [1.82, 2.24) is 4.98 Å². The zero-order valence-electron chi connectivity index (χ0n) is 8.23. The number of nitrogens with two attached hydrogens (primary N) is 1. The summed E-state index contributed by atoms with van der Waals surface area (Å²) in [5.41, 5.74) is 6.86. The molecule has 0 saturated carbocycles. The highest BCUT2D eigenvalue weighted by Crippen LogP contribution is 2.21. The predicted molar refractivity (Wildman–Crippen MR) is 56.7 cm³/mol. The number of aryl methyl sites for hydroxylation is 1. The van der Waals surface area contributed by atoms with Gasteiger partial charge in [0.1, 0.15) is 0 Å². The van der Waals surface area contributed by atoms with Crippen LogP contribution in [0, 0.1) is 6.92 Å². The van der Waals surface area contributed by atoms with E-state index in [4.69, 9.17) is 10.5 Å². The van der Waals surface area contributed by atoms with Crippen LogP contribution in [0.3, 0.4) is 0 Å². The number of fused-ring (bicyclic) bond motifs is 1. The number of hydrogen-bond acceptors (Lipinski definition) is 3. The van der Waals surface area contributed by atoms with E-state index in [1.54, 1.807) is 6.07 Å². The van der Waals surface area contributed by atoms with E-state index in [9.17, 15) is 4.79 Å². The lowest BCUT2D eigenvalue weighted by Crippen LogP contribution is -2.16. The van der Waals surface area contributed by atoms with E-state index >= 15 is 0 Å². The number of benzene rings is 1. The Morgan fingerprint density at radius 1 is 1.47 bits per heavy atom. The lowest BCUT2D eigenvalue weighted by Gasteiger charge is -2.04. The van der Waals surface area contributed by atoms with Gasteiger partial charge in [0.05, 0.1) is 11.7 Å². The Bertz CT molecular complexity index is 523. The van der Waals surface area contributed by atoms with Crippen molar-refractivity contribution in [1.29, 1.82) is 0 Å². The number of nitrogens with zero attached hydrogens (tertiary/aromatic N) is 1. The molecule has 1 aromatic heterocycles. The lowest BCUT2D eigenvalue weighted by atomic mass is 10.1. The summed E-state index contributed by atoms with van der Waals surface area (Å²) < 4.78 is 4.75. The number of amides is 1. The second kappa shape index (κ2) is 3.57. The first-order chi connectivity index (χ1) is 7.16. The van der Waals surface area contributed by atoms with Gasteiger partial charge in [0.2, 0.25) is 0 Å². The van der Waals surface area contributed by atoms with Crippen molar-refractivity contribution in [3.63, 3.8) is 0 Å². The molecule has 0 atom stereocenters. The summed E-state index contributed by atoms with van der Waals surface area (Å²) in [6, 6.07) is 7.55. The quantitative estimate of drug-likeness (QED) is 0.769. The first kappa shape index (κ1) is 9.45. The summed E-state index contributed by atoms with van der Waals surface area (Å²) in [6.45, 7) is 1.97. The minimum atomic E-state index is -0.829. The topological polar surface area (TPSA) is 65.2 Å². The third-order valence-corrected chi connectivity index (χ3v) is 2.14.